The van der Waals surface area contributed by atoms with Crippen molar-refractivity contribution in [1.82, 2.24) is 9.97 Å². The van der Waals surface area contributed by atoms with Gasteiger partial charge in [-0.25, -0.2) is 14.4 Å². The first-order valence-electron chi connectivity index (χ1n) is 7.14. The summed E-state index contributed by atoms with van der Waals surface area (Å²) in [4.78, 5) is 21.2. The first-order valence-corrected chi connectivity index (χ1v) is 8.02. The van der Waals surface area contributed by atoms with E-state index in [4.69, 9.17) is 4.74 Å². The lowest BCUT2D eigenvalue weighted by molar-refractivity contribution is -0.115. The Morgan fingerprint density at radius 2 is 2.17 bits per heavy atom. The molecule has 0 bridgehead atoms. The molecule has 0 aliphatic rings. The summed E-state index contributed by atoms with van der Waals surface area (Å²) >= 11 is 1.52. The molecule has 0 radical (unpaired) electrons. The Hall–Kier alpha value is -2.80. The molecule has 3 rings (SSSR count). The van der Waals surface area contributed by atoms with Crippen molar-refractivity contribution in [3.8, 4) is 17.0 Å². The number of benzene rings is 1. The number of nitrogens with one attached hydrogen (secondary N) is 1. The van der Waals surface area contributed by atoms with Crippen molar-refractivity contribution in [3.05, 3.63) is 58.8 Å². The lowest BCUT2D eigenvalue weighted by Gasteiger charge is -2.07. The van der Waals surface area contributed by atoms with E-state index < -0.39 is 5.82 Å². The maximum Gasteiger partial charge on any atom is 0.230 e. The van der Waals surface area contributed by atoms with Gasteiger partial charge in [0, 0.05) is 16.5 Å². The molecule has 0 spiro atoms. The molecular formula is C17H14FN3O2S. The van der Waals surface area contributed by atoms with Gasteiger partial charge in [-0.05, 0) is 29.6 Å². The van der Waals surface area contributed by atoms with E-state index in [1.807, 2.05) is 17.5 Å². The molecule has 3 aromatic rings. The average Bonchev–Trinajstić information content (AvgIpc) is 3.08. The topological polar surface area (TPSA) is 64.1 Å². The van der Waals surface area contributed by atoms with Gasteiger partial charge < -0.3 is 10.1 Å². The average molecular weight is 343 g/mol. The summed E-state index contributed by atoms with van der Waals surface area (Å²) in [5, 5.41) is 4.67. The van der Waals surface area contributed by atoms with Crippen molar-refractivity contribution >= 4 is 23.1 Å². The van der Waals surface area contributed by atoms with Crippen LogP contribution in [0.3, 0.4) is 0 Å². The molecule has 0 saturated carbocycles. The van der Waals surface area contributed by atoms with E-state index in [9.17, 15) is 9.18 Å². The number of rotatable bonds is 5. The zero-order valence-electron chi connectivity index (χ0n) is 12.8. The summed E-state index contributed by atoms with van der Waals surface area (Å²) in [6.45, 7) is 0. The predicted molar refractivity (Wildman–Crippen MR) is 90.6 cm³/mol. The highest BCUT2D eigenvalue weighted by Crippen LogP contribution is 2.25. The molecule has 1 amide bonds. The van der Waals surface area contributed by atoms with E-state index in [1.165, 1.54) is 30.8 Å². The van der Waals surface area contributed by atoms with E-state index in [0.29, 0.717) is 23.5 Å². The zero-order valence-corrected chi connectivity index (χ0v) is 13.6. The number of hydrogen-bond donors (Lipinski definition) is 1. The molecule has 0 saturated heterocycles. The number of carbonyl (C=O) groups excluding carboxylic acids is 1. The molecule has 0 unspecified atom stereocenters. The van der Waals surface area contributed by atoms with Gasteiger partial charge in [0.05, 0.1) is 19.2 Å². The number of anilines is 1. The van der Waals surface area contributed by atoms with Crippen LogP contribution in [0.25, 0.3) is 11.3 Å². The van der Waals surface area contributed by atoms with Crippen LogP contribution in [0, 0.1) is 5.82 Å². The van der Waals surface area contributed by atoms with Crippen LogP contribution in [0.15, 0.2) is 48.1 Å². The minimum Gasteiger partial charge on any atom is -0.494 e. The van der Waals surface area contributed by atoms with Crippen LogP contribution >= 0.6 is 11.3 Å². The van der Waals surface area contributed by atoms with Crippen LogP contribution in [0.1, 0.15) is 4.88 Å². The van der Waals surface area contributed by atoms with Crippen LogP contribution in [-0.2, 0) is 11.2 Å². The van der Waals surface area contributed by atoms with Crippen LogP contribution in [-0.4, -0.2) is 23.0 Å². The van der Waals surface area contributed by atoms with Crippen molar-refractivity contribution in [2.45, 2.75) is 6.42 Å². The van der Waals surface area contributed by atoms with Gasteiger partial charge in [0.25, 0.3) is 0 Å². The maximum absolute atomic E-state index is 13.5. The number of ether oxygens (including phenoxy) is 1. The maximum atomic E-state index is 13.5. The number of methoxy groups -OCH3 is 1. The summed E-state index contributed by atoms with van der Waals surface area (Å²) in [6, 6.07) is 9.90. The fourth-order valence-electron chi connectivity index (χ4n) is 2.16. The normalized spacial score (nSPS) is 10.4. The van der Waals surface area contributed by atoms with Gasteiger partial charge in [0.2, 0.25) is 5.91 Å². The molecule has 1 N–H and O–H groups in total. The van der Waals surface area contributed by atoms with Gasteiger partial charge in [-0.2, -0.15) is 0 Å². The van der Waals surface area contributed by atoms with Crippen LogP contribution in [0.2, 0.25) is 0 Å². The van der Waals surface area contributed by atoms with Crippen molar-refractivity contribution in [3.63, 3.8) is 0 Å². The first kappa shape index (κ1) is 16.1. The van der Waals surface area contributed by atoms with Crippen LogP contribution in [0.4, 0.5) is 10.2 Å². The number of carbonyl (C=O) groups is 1. The zero-order chi connectivity index (χ0) is 16.9. The number of hydrogen-bond acceptors (Lipinski definition) is 5. The molecule has 7 heteroatoms. The molecule has 0 fully saturated rings. The minimum atomic E-state index is -0.445. The van der Waals surface area contributed by atoms with Crippen LogP contribution in [0.5, 0.6) is 5.75 Å². The van der Waals surface area contributed by atoms with E-state index in [0.717, 1.165) is 4.88 Å². The standard InChI is InChI=1S/C17H14FN3O2S/c1-23-15-7-11(4-5-13(15)18)14-9-16(20-10-19-14)21-17(22)8-12-3-2-6-24-12/h2-7,9-10H,8H2,1H3,(H,19,20,21,22). The third-order valence-corrected chi connectivity index (χ3v) is 4.17. The van der Waals surface area contributed by atoms with E-state index in [2.05, 4.69) is 15.3 Å². The molecule has 24 heavy (non-hydrogen) atoms. The predicted octanol–water partition coefficient (Wildman–Crippen LogP) is 3.53. The summed E-state index contributed by atoms with van der Waals surface area (Å²) in [7, 11) is 1.40. The summed E-state index contributed by atoms with van der Waals surface area (Å²) in [5.41, 5.74) is 1.24. The molecule has 5 nitrogen and oxygen atoms in total. The van der Waals surface area contributed by atoms with Gasteiger partial charge in [-0.15, -0.1) is 11.3 Å². The Morgan fingerprint density at radius 1 is 1.29 bits per heavy atom. The smallest absolute Gasteiger partial charge is 0.230 e. The minimum absolute atomic E-state index is 0.134. The molecule has 1 aromatic carbocycles. The largest absolute Gasteiger partial charge is 0.494 e. The molecular weight excluding hydrogens is 329 g/mol. The SMILES string of the molecule is COc1cc(-c2cc(NC(=O)Cc3cccs3)ncn2)ccc1F. The lowest BCUT2D eigenvalue weighted by atomic mass is 10.1. The Labute approximate surface area is 142 Å². The van der Waals surface area contributed by atoms with E-state index >= 15 is 0 Å². The van der Waals surface area contributed by atoms with Crippen molar-refractivity contribution in [2.24, 2.45) is 0 Å². The van der Waals surface area contributed by atoms with Crippen molar-refractivity contribution in [1.29, 1.82) is 0 Å². The fourth-order valence-corrected chi connectivity index (χ4v) is 2.86. The molecule has 0 atom stereocenters. The highest BCUT2D eigenvalue weighted by atomic mass is 32.1. The van der Waals surface area contributed by atoms with Crippen molar-refractivity contribution < 1.29 is 13.9 Å². The number of halogens is 1. The molecule has 2 aromatic heterocycles. The second kappa shape index (κ2) is 7.18. The molecule has 2 heterocycles. The Bertz CT molecular complexity index is 853. The van der Waals surface area contributed by atoms with E-state index in [-0.39, 0.29) is 11.7 Å². The number of nitrogens with zero attached hydrogens (tertiary/aromatic N) is 2. The summed E-state index contributed by atoms with van der Waals surface area (Å²) in [5.74, 6) is -0.0715. The lowest BCUT2D eigenvalue weighted by Crippen LogP contribution is -2.14. The first-order chi connectivity index (χ1) is 11.7. The number of thiophene rings is 1. The van der Waals surface area contributed by atoms with Gasteiger partial charge >= 0.3 is 0 Å². The fraction of sp³-hybridized carbons (Fsp3) is 0.118. The molecule has 122 valence electrons. The molecule has 0 aliphatic carbocycles. The van der Waals surface area contributed by atoms with Gasteiger partial charge in [-0.1, -0.05) is 6.07 Å². The molecule has 0 aliphatic heterocycles. The van der Waals surface area contributed by atoms with E-state index in [1.54, 1.807) is 18.2 Å². The van der Waals surface area contributed by atoms with Gasteiger partial charge in [0.15, 0.2) is 11.6 Å². The quantitative estimate of drug-likeness (QED) is 0.770. The monoisotopic (exact) mass is 343 g/mol. The van der Waals surface area contributed by atoms with Crippen LogP contribution < -0.4 is 10.1 Å². The highest BCUT2D eigenvalue weighted by molar-refractivity contribution is 7.10. The number of amides is 1. The summed E-state index contributed by atoms with van der Waals surface area (Å²) < 4.78 is 18.5. The second-order valence-electron chi connectivity index (χ2n) is 4.94. The van der Waals surface area contributed by atoms with Gasteiger partial charge in [0.1, 0.15) is 12.1 Å². The number of aromatic nitrogens is 2. The Balaban J connectivity index is 1.77. The third kappa shape index (κ3) is 3.75. The summed E-state index contributed by atoms with van der Waals surface area (Å²) in [6.07, 6.45) is 1.65. The Kier molecular flexibility index (Phi) is 4.81. The second-order valence-corrected chi connectivity index (χ2v) is 5.97. The highest BCUT2D eigenvalue weighted by Gasteiger charge is 2.10. The third-order valence-electron chi connectivity index (χ3n) is 3.30. The Morgan fingerprint density at radius 3 is 2.92 bits per heavy atom. The van der Waals surface area contributed by atoms with Gasteiger partial charge in [-0.3, -0.25) is 4.79 Å². The van der Waals surface area contributed by atoms with Crippen molar-refractivity contribution in [2.75, 3.05) is 12.4 Å².